The van der Waals surface area contributed by atoms with E-state index in [9.17, 15) is 21.6 Å². The van der Waals surface area contributed by atoms with Gasteiger partial charge in [-0.3, -0.25) is 4.99 Å². The minimum Gasteiger partial charge on any atom is -0.356 e. The largest absolute Gasteiger partial charge is 0.434 e. The number of aromatic nitrogens is 1. The molecule has 1 aromatic heterocycles. The quantitative estimate of drug-likeness (QED) is 0.233. The van der Waals surface area contributed by atoms with E-state index in [0.717, 1.165) is 16.7 Å². The monoisotopic (exact) mass is 529 g/mol. The highest BCUT2D eigenvalue weighted by atomic mass is 127. The van der Waals surface area contributed by atoms with Crippen LogP contribution < -0.4 is 10.6 Å². The Morgan fingerprint density at radius 1 is 1.38 bits per heavy atom. The summed E-state index contributed by atoms with van der Waals surface area (Å²) in [6.07, 6.45) is -3.88. The van der Waals surface area contributed by atoms with E-state index in [0.29, 0.717) is 30.5 Å². The maximum absolute atomic E-state index is 12.5. The first-order valence-electron chi connectivity index (χ1n) is 7.50. The lowest BCUT2D eigenvalue weighted by Gasteiger charge is -2.16. The fourth-order valence-corrected chi connectivity index (χ4v) is 3.36. The van der Waals surface area contributed by atoms with Gasteiger partial charge >= 0.3 is 6.18 Å². The number of nitrogens with zero attached hydrogens (tertiary/aromatic N) is 3. The van der Waals surface area contributed by atoms with E-state index in [2.05, 4.69) is 20.6 Å². The minimum atomic E-state index is -4.44. The molecule has 0 aliphatic carbocycles. The molecule has 0 saturated carbocycles. The van der Waals surface area contributed by atoms with Crippen LogP contribution in [0.2, 0.25) is 0 Å². The molecule has 0 amide bonds. The maximum Gasteiger partial charge on any atom is 0.434 e. The Hall–Kier alpha value is -0.670. The number of thiazole rings is 1. The zero-order chi connectivity index (χ0) is 19.1. The third-order valence-electron chi connectivity index (χ3n) is 3.25. The second kappa shape index (κ2) is 11.2. The van der Waals surface area contributed by atoms with Crippen LogP contribution in [0.25, 0.3) is 0 Å². The Balaban J connectivity index is 0.00000625. The number of rotatable bonds is 8. The van der Waals surface area contributed by atoms with Gasteiger partial charge in [0.05, 0.1) is 12.3 Å². The van der Waals surface area contributed by atoms with E-state index in [-0.39, 0.29) is 36.3 Å². The molecule has 0 unspecified atom stereocenters. The maximum atomic E-state index is 12.5. The predicted octanol–water partition coefficient (Wildman–Crippen LogP) is 2.12. The van der Waals surface area contributed by atoms with Crippen molar-refractivity contribution in [3.05, 3.63) is 16.1 Å². The molecule has 0 spiro atoms. The number of halogens is 4. The van der Waals surface area contributed by atoms with Crippen molar-refractivity contribution in [2.24, 2.45) is 4.99 Å². The number of aliphatic imine (C=N–C) groups is 1. The molecular weight excluding hydrogens is 506 g/mol. The molecule has 0 radical (unpaired) electrons. The van der Waals surface area contributed by atoms with Gasteiger partial charge in [0.1, 0.15) is 5.01 Å². The minimum absolute atomic E-state index is 0. The Morgan fingerprint density at radius 3 is 2.54 bits per heavy atom. The van der Waals surface area contributed by atoms with Crippen molar-refractivity contribution in [1.29, 1.82) is 0 Å². The van der Waals surface area contributed by atoms with Crippen LogP contribution in [-0.2, 0) is 22.7 Å². The van der Waals surface area contributed by atoms with E-state index < -0.39 is 21.9 Å². The second-order valence-electron chi connectivity index (χ2n) is 5.05. The second-order valence-corrected chi connectivity index (χ2v) is 8.36. The third kappa shape index (κ3) is 8.35. The number of hydrogen-bond donors (Lipinski definition) is 2. The van der Waals surface area contributed by atoms with Gasteiger partial charge in [-0.15, -0.1) is 35.3 Å². The fraction of sp³-hybridized carbons (Fsp3) is 0.692. The highest BCUT2D eigenvalue weighted by Gasteiger charge is 2.33. The van der Waals surface area contributed by atoms with Crippen LogP contribution in [0.5, 0.6) is 0 Å². The molecule has 0 atom stereocenters. The van der Waals surface area contributed by atoms with Gasteiger partial charge < -0.3 is 10.6 Å². The highest BCUT2D eigenvalue weighted by molar-refractivity contribution is 14.0. The van der Waals surface area contributed by atoms with Crippen LogP contribution in [-0.4, -0.2) is 56.6 Å². The molecule has 0 aromatic carbocycles. The normalized spacial score (nSPS) is 12.8. The Labute approximate surface area is 172 Å². The van der Waals surface area contributed by atoms with Crippen LogP contribution in [0, 0.1) is 0 Å². The smallest absolute Gasteiger partial charge is 0.356 e. The first-order chi connectivity index (χ1) is 11.6. The van der Waals surface area contributed by atoms with Crippen molar-refractivity contribution in [3.63, 3.8) is 0 Å². The van der Waals surface area contributed by atoms with Gasteiger partial charge in [0.2, 0.25) is 10.0 Å². The molecule has 152 valence electrons. The molecule has 26 heavy (non-hydrogen) atoms. The number of hydrogen-bond acceptors (Lipinski definition) is 5. The summed E-state index contributed by atoms with van der Waals surface area (Å²) in [6.45, 7) is 2.53. The van der Waals surface area contributed by atoms with Crippen molar-refractivity contribution in [2.75, 3.05) is 32.9 Å². The summed E-state index contributed by atoms with van der Waals surface area (Å²) in [6, 6.07) is 0. The molecule has 0 bridgehead atoms. The van der Waals surface area contributed by atoms with Crippen LogP contribution in [0.4, 0.5) is 13.2 Å². The lowest BCUT2D eigenvalue weighted by molar-refractivity contribution is -0.140. The highest BCUT2D eigenvalue weighted by Crippen LogP contribution is 2.29. The van der Waals surface area contributed by atoms with Crippen molar-refractivity contribution in [1.82, 2.24) is 19.9 Å². The number of nitrogens with one attached hydrogen (secondary N) is 2. The van der Waals surface area contributed by atoms with Crippen LogP contribution in [0.1, 0.15) is 24.0 Å². The number of sulfonamides is 1. The van der Waals surface area contributed by atoms with Crippen LogP contribution in [0.15, 0.2) is 10.4 Å². The third-order valence-corrected chi connectivity index (χ3v) is 5.97. The van der Waals surface area contributed by atoms with Gasteiger partial charge in [0, 0.05) is 32.6 Å². The van der Waals surface area contributed by atoms with E-state index in [1.165, 1.54) is 18.4 Å². The van der Waals surface area contributed by atoms with Crippen LogP contribution >= 0.6 is 35.3 Å². The van der Waals surface area contributed by atoms with Gasteiger partial charge in [0.25, 0.3) is 0 Å². The topological polar surface area (TPSA) is 86.7 Å². The number of guanidine groups is 1. The zero-order valence-corrected chi connectivity index (χ0v) is 18.6. The Morgan fingerprint density at radius 2 is 2.04 bits per heavy atom. The van der Waals surface area contributed by atoms with Crippen molar-refractivity contribution in [2.45, 2.75) is 26.1 Å². The van der Waals surface area contributed by atoms with E-state index in [1.54, 1.807) is 6.92 Å². The van der Waals surface area contributed by atoms with E-state index in [1.807, 2.05) is 0 Å². The molecule has 1 rings (SSSR count). The zero-order valence-electron chi connectivity index (χ0n) is 14.6. The van der Waals surface area contributed by atoms with Gasteiger partial charge in [-0.05, 0) is 13.3 Å². The Kier molecular flexibility index (Phi) is 10.9. The van der Waals surface area contributed by atoms with Crippen molar-refractivity contribution >= 4 is 51.3 Å². The van der Waals surface area contributed by atoms with Crippen LogP contribution in [0.3, 0.4) is 0 Å². The van der Waals surface area contributed by atoms with Gasteiger partial charge in [0.15, 0.2) is 11.7 Å². The van der Waals surface area contributed by atoms with Crippen molar-refractivity contribution < 1.29 is 21.6 Å². The molecule has 0 aliphatic heterocycles. The predicted molar refractivity (Wildman–Crippen MR) is 107 cm³/mol. The standard InChI is InChI=1S/C13H22F3N5O2S2.HI/c1-4-25(22,23)21(3)7-5-6-18-12(17-2)19-8-11-20-10(9-24-11)13(14,15)16;/h9H,4-8H2,1-3H3,(H2,17,18,19);1H. The summed E-state index contributed by atoms with van der Waals surface area (Å²) in [4.78, 5) is 7.48. The van der Waals surface area contributed by atoms with E-state index >= 15 is 0 Å². The molecule has 0 fully saturated rings. The molecule has 1 aromatic rings. The number of alkyl halides is 3. The molecule has 13 heteroatoms. The summed E-state index contributed by atoms with van der Waals surface area (Å²) >= 11 is 0.917. The average molecular weight is 529 g/mol. The molecule has 0 saturated heterocycles. The van der Waals surface area contributed by atoms with Gasteiger partial charge in [-0.2, -0.15) is 13.2 Å². The van der Waals surface area contributed by atoms with Gasteiger partial charge in [-0.1, -0.05) is 0 Å². The molecule has 1 heterocycles. The lowest BCUT2D eigenvalue weighted by Crippen LogP contribution is -2.38. The van der Waals surface area contributed by atoms with Gasteiger partial charge in [-0.25, -0.2) is 17.7 Å². The summed E-state index contributed by atoms with van der Waals surface area (Å²) in [5.74, 6) is 0.457. The molecule has 2 N–H and O–H groups in total. The van der Waals surface area contributed by atoms with Crippen molar-refractivity contribution in [3.8, 4) is 0 Å². The molecule has 0 aliphatic rings. The first kappa shape index (κ1) is 25.3. The summed E-state index contributed by atoms with van der Waals surface area (Å²) in [5.41, 5.74) is -0.905. The fourth-order valence-electron chi connectivity index (χ4n) is 1.77. The Bertz CT molecular complexity index is 680. The average Bonchev–Trinajstić information content (AvgIpc) is 3.03. The first-order valence-corrected chi connectivity index (χ1v) is 9.99. The lowest BCUT2D eigenvalue weighted by atomic mass is 10.4. The molecular formula is C13H23F3IN5O2S2. The summed E-state index contributed by atoms with van der Waals surface area (Å²) < 4.78 is 62.0. The summed E-state index contributed by atoms with van der Waals surface area (Å²) in [5, 5.41) is 7.11. The summed E-state index contributed by atoms with van der Waals surface area (Å²) in [7, 11) is -0.145. The molecule has 7 nitrogen and oxygen atoms in total. The van der Waals surface area contributed by atoms with E-state index in [4.69, 9.17) is 0 Å². The SMILES string of the molecule is CCS(=O)(=O)N(C)CCCNC(=NC)NCc1nc(C(F)(F)F)cs1.I.